The fourth-order valence-electron chi connectivity index (χ4n) is 1.17. The summed E-state index contributed by atoms with van der Waals surface area (Å²) in [5.41, 5.74) is 7.71. The van der Waals surface area contributed by atoms with E-state index in [1.165, 1.54) is 0 Å². The molecular weight excluding hydrogens is 160 g/mol. The quantitative estimate of drug-likeness (QED) is 0.745. The average molecular weight is 174 g/mol. The van der Waals surface area contributed by atoms with E-state index in [1.807, 2.05) is 38.1 Å². The third-order valence-electron chi connectivity index (χ3n) is 1.95. The van der Waals surface area contributed by atoms with Gasteiger partial charge < -0.3 is 5.73 Å². The molecule has 1 aromatic carbocycles. The second-order valence-corrected chi connectivity index (χ2v) is 3.76. The van der Waals surface area contributed by atoms with Crippen LogP contribution in [0.4, 0.5) is 0 Å². The van der Waals surface area contributed by atoms with Crippen LogP contribution in [0, 0.1) is 11.3 Å². The summed E-state index contributed by atoms with van der Waals surface area (Å²) < 4.78 is 0. The van der Waals surface area contributed by atoms with Crippen molar-refractivity contribution in [2.45, 2.75) is 25.8 Å². The van der Waals surface area contributed by atoms with Crippen LogP contribution in [0.1, 0.15) is 25.0 Å². The molecule has 0 aliphatic rings. The molecule has 0 unspecified atom stereocenters. The van der Waals surface area contributed by atoms with Crippen LogP contribution in [0.15, 0.2) is 24.3 Å². The van der Waals surface area contributed by atoms with Crippen molar-refractivity contribution in [3.8, 4) is 6.07 Å². The Morgan fingerprint density at radius 1 is 1.46 bits per heavy atom. The number of benzene rings is 1. The van der Waals surface area contributed by atoms with Crippen LogP contribution < -0.4 is 5.73 Å². The maximum Gasteiger partial charge on any atom is 0.0669 e. The molecule has 0 fully saturated rings. The van der Waals surface area contributed by atoms with E-state index >= 15 is 0 Å². The van der Waals surface area contributed by atoms with Crippen molar-refractivity contribution in [3.63, 3.8) is 0 Å². The Kier molecular flexibility index (Phi) is 2.69. The molecule has 0 heterocycles. The molecule has 0 spiro atoms. The Morgan fingerprint density at radius 2 is 2.15 bits per heavy atom. The highest BCUT2D eigenvalue weighted by molar-refractivity contribution is 5.29. The van der Waals surface area contributed by atoms with Gasteiger partial charge in [0.1, 0.15) is 0 Å². The lowest BCUT2D eigenvalue weighted by Crippen LogP contribution is -2.28. The predicted octanol–water partition coefficient (Wildman–Crippen LogP) is 1.95. The van der Waals surface area contributed by atoms with E-state index in [9.17, 15) is 0 Å². The molecular formula is C11H14N2. The summed E-state index contributed by atoms with van der Waals surface area (Å²) in [5.74, 6) is 0. The van der Waals surface area contributed by atoms with Gasteiger partial charge in [-0.25, -0.2) is 0 Å². The second kappa shape index (κ2) is 3.59. The van der Waals surface area contributed by atoms with Crippen LogP contribution >= 0.6 is 0 Å². The Labute approximate surface area is 79.0 Å². The highest BCUT2D eigenvalue weighted by atomic mass is 14.7. The highest BCUT2D eigenvalue weighted by Gasteiger charge is 2.13. The minimum absolute atomic E-state index is 0.328. The lowest BCUT2D eigenvalue weighted by Gasteiger charge is -2.19. The van der Waals surface area contributed by atoms with Crippen LogP contribution in [0.5, 0.6) is 0 Å². The van der Waals surface area contributed by atoms with Crippen LogP contribution in [-0.2, 0) is 12.0 Å². The first-order valence-electron chi connectivity index (χ1n) is 4.29. The van der Waals surface area contributed by atoms with Crippen molar-refractivity contribution in [2.75, 3.05) is 0 Å². The van der Waals surface area contributed by atoms with E-state index in [0.717, 1.165) is 11.1 Å². The smallest absolute Gasteiger partial charge is 0.0669 e. The topological polar surface area (TPSA) is 49.8 Å². The Bertz CT molecular complexity index is 329. The Hall–Kier alpha value is -1.33. The van der Waals surface area contributed by atoms with Gasteiger partial charge in [-0.15, -0.1) is 0 Å². The summed E-state index contributed by atoms with van der Waals surface area (Å²) in [6.07, 6.45) is 0.448. The van der Waals surface area contributed by atoms with Crippen LogP contribution in [0.25, 0.3) is 0 Å². The second-order valence-electron chi connectivity index (χ2n) is 3.76. The van der Waals surface area contributed by atoms with Crippen molar-refractivity contribution < 1.29 is 0 Å². The molecule has 13 heavy (non-hydrogen) atoms. The van der Waals surface area contributed by atoms with Gasteiger partial charge in [-0.05, 0) is 25.0 Å². The molecule has 0 saturated heterocycles. The zero-order chi connectivity index (χ0) is 9.90. The first-order chi connectivity index (χ1) is 6.04. The van der Waals surface area contributed by atoms with Gasteiger partial charge in [0.15, 0.2) is 0 Å². The lowest BCUT2D eigenvalue weighted by molar-refractivity contribution is 0.554. The van der Waals surface area contributed by atoms with Crippen molar-refractivity contribution in [3.05, 3.63) is 35.4 Å². The van der Waals surface area contributed by atoms with Gasteiger partial charge in [0.05, 0.1) is 12.5 Å². The van der Waals surface area contributed by atoms with E-state index in [2.05, 4.69) is 6.07 Å². The summed E-state index contributed by atoms with van der Waals surface area (Å²) in [6.45, 7) is 3.91. The molecule has 1 rings (SSSR count). The zero-order valence-electron chi connectivity index (χ0n) is 8.04. The molecule has 0 aliphatic carbocycles. The van der Waals surface area contributed by atoms with Gasteiger partial charge in [-0.3, -0.25) is 0 Å². The summed E-state index contributed by atoms with van der Waals surface area (Å²) in [5, 5.41) is 8.53. The van der Waals surface area contributed by atoms with Gasteiger partial charge in [0.2, 0.25) is 0 Å². The molecule has 0 aromatic heterocycles. The minimum Gasteiger partial charge on any atom is -0.322 e. The first kappa shape index (κ1) is 9.76. The Morgan fingerprint density at radius 3 is 2.69 bits per heavy atom. The molecule has 0 aliphatic heterocycles. The molecule has 2 heteroatoms. The molecule has 0 atom stereocenters. The van der Waals surface area contributed by atoms with E-state index in [1.54, 1.807) is 0 Å². The standard InChI is InChI=1S/C11H14N2/c1-11(2,13)10-5-3-4-9(8-10)6-7-12/h3-5,8H,6,13H2,1-2H3. The third kappa shape index (κ3) is 2.57. The SMILES string of the molecule is CC(C)(N)c1cccc(CC#N)c1. The number of hydrogen-bond acceptors (Lipinski definition) is 2. The molecule has 0 radical (unpaired) electrons. The van der Waals surface area contributed by atoms with Gasteiger partial charge in [0.25, 0.3) is 0 Å². The summed E-state index contributed by atoms with van der Waals surface area (Å²) in [7, 11) is 0. The molecule has 0 saturated carbocycles. The number of nitrogens with two attached hydrogens (primary N) is 1. The molecule has 2 N–H and O–H groups in total. The predicted molar refractivity (Wildman–Crippen MR) is 53.0 cm³/mol. The summed E-state index contributed by atoms with van der Waals surface area (Å²) >= 11 is 0. The zero-order valence-corrected chi connectivity index (χ0v) is 8.04. The molecule has 68 valence electrons. The molecule has 0 bridgehead atoms. The van der Waals surface area contributed by atoms with Gasteiger partial charge >= 0.3 is 0 Å². The molecule has 1 aromatic rings. The number of nitriles is 1. The number of rotatable bonds is 2. The van der Waals surface area contributed by atoms with Crippen molar-refractivity contribution in [1.29, 1.82) is 5.26 Å². The number of nitrogens with zero attached hydrogens (tertiary/aromatic N) is 1. The monoisotopic (exact) mass is 174 g/mol. The average Bonchev–Trinajstić information content (AvgIpc) is 2.04. The van der Waals surface area contributed by atoms with Gasteiger partial charge in [0, 0.05) is 5.54 Å². The van der Waals surface area contributed by atoms with Gasteiger partial charge in [-0.1, -0.05) is 24.3 Å². The van der Waals surface area contributed by atoms with Gasteiger partial charge in [-0.2, -0.15) is 5.26 Å². The van der Waals surface area contributed by atoms with E-state index in [-0.39, 0.29) is 5.54 Å². The van der Waals surface area contributed by atoms with Crippen LogP contribution in [0.3, 0.4) is 0 Å². The maximum atomic E-state index is 8.53. The molecule has 0 amide bonds. The van der Waals surface area contributed by atoms with E-state index in [0.29, 0.717) is 6.42 Å². The summed E-state index contributed by atoms with van der Waals surface area (Å²) in [6, 6.07) is 9.98. The largest absolute Gasteiger partial charge is 0.322 e. The molecule has 2 nitrogen and oxygen atoms in total. The normalized spacial score (nSPS) is 10.9. The summed E-state index contributed by atoms with van der Waals surface area (Å²) in [4.78, 5) is 0. The van der Waals surface area contributed by atoms with E-state index < -0.39 is 0 Å². The van der Waals surface area contributed by atoms with Crippen molar-refractivity contribution in [1.82, 2.24) is 0 Å². The highest BCUT2D eigenvalue weighted by Crippen LogP contribution is 2.17. The maximum absolute atomic E-state index is 8.53. The van der Waals surface area contributed by atoms with Crippen LogP contribution in [-0.4, -0.2) is 0 Å². The fourth-order valence-corrected chi connectivity index (χ4v) is 1.17. The number of hydrogen-bond donors (Lipinski definition) is 1. The van der Waals surface area contributed by atoms with E-state index in [4.69, 9.17) is 11.0 Å². The lowest BCUT2D eigenvalue weighted by atomic mass is 9.94. The fraction of sp³-hybridized carbons (Fsp3) is 0.364. The third-order valence-corrected chi connectivity index (χ3v) is 1.95. The Balaban J connectivity index is 3.00. The van der Waals surface area contributed by atoms with Crippen molar-refractivity contribution in [2.24, 2.45) is 5.73 Å². The minimum atomic E-state index is -0.328. The first-order valence-corrected chi connectivity index (χ1v) is 4.29. The van der Waals surface area contributed by atoms with Crippen LogP contribution in [0.2, 0.25) is 0 Å². The van der Waals surface area contributed by atoms with Crippen molar-refractivity contribution >= 4 is 0 Å².